The standard InChI is InChI=1S/C10H16/c1-4-5-10-6-8(2)9(3)7-10/h8H,4-6H2,1-3H3. The van der Waals surface area contributed by atoms with Gasteiger partial charge in [0.15, 0.2) is 0 Å². The zero-order chi connectivity index (χ0) is 7.56. The largest absolute Gasteiger partial charge is 0.123 e. The Balaban J connectivity index is 2.58. The summed E-state index contributed by atoms with van der Waals surface area (Å²) in [6.07, 6.45) is 3.78. The third-order valence-corrected chi connectivity index (χ3v) is 2.22. The van der Waals surface area contributed by atoms with Gasteiger partial charge < -0.3 is 0 Å². The van der Waals surface area contributed by atoms with E-state index in [9.17, 15) is 0 Å². The molecule has 0 aliphatic heterocycles. The van der Waals surface area contributed by atoms with Gasteiger partial charge in [-0.2, -0.15) is 0 Å². The second-order valence-corrected chi connectivity index (χ2v) is 3.27. The molecule has 1 aliphatic rings. The summed E-state index contributed by atoms with van der Waals surface area (Å²) in [4.78, 5) is 0. The van der Waals surface area contributed by atoms with Crippen molar-refractivity contribution in [2.45, 2.75) is 40.0 Å². The van der Waals surface area contributed by atoms with E-state index in [2.05, 4.69) is 26.5 Å². The van der Waals surface area contributed by atoms with Crippen LogP contribution in [-0.2, 0) is 0 Å². The molecule has 0 radical (unpaired) electrons. The van der Waals surface area contributed by atoms with Crippen LogP contribution in [0.15, 0.2) is 16.9 Å². The molecule has 0 saturated heterocycles. The second kappa shape index (κ2) is 3.07. The highest BCUT2D eigenvalue weighted by Crippen LogP contribution is 2.27. The molecule has 0 spiro atoms. The van der Waals surface area contributed by atoms with Crippen molar-refractivity contribution >= 4 is 0 Å². The lowest BCUT2D eigenvalue weighted by atomic mass is 10.0. The van der Waals surface area contributed by atoms with Crippen molar-refractivity contribution < 1.29 is 0 Å². The maximum atomic E-state index is 3.44. The Morgan fingerprint density at radius 3 is 2.70 bits per heavy atom. The van der Waals surface area contributed by atoms with Gasteiger partial charge in [0.05, 0.1) is 0 Å². The van der Waals surface area contributed by atoms with Crippen LogP contribution in [0.4, 0.5) is 0 Å². The van der Waals surface area contributed by atoms with E-state index in [1.807, 2.05) is 0 Å². The van der Waals surface area contributed by atoms with E-state index in [-0.39, 0.29) is 0 Å². The van der Waals surface area contributed by atoms with E-state index in [1.54, 1.807) is 0 Å². The fourth-order valence-corrected chi connectivity index (χ4v) is 1.44. The van der Waals surface area contributed by atoms with E-state index < -0.39 is 0 Å². The first-order valence-electron chi connectivity index (χ1n) is 4.19. The predicted octanol–water partition coefficient (Wildman–Crippen LogP) is 3.30. The average Bonchev–Trinajstić information content (AvgIpc) is 2.14. The maximum Gasteiger partial charge on any atom is -0.0115 e. The Kier molecular flexibility index (Phi) is 2.34. The first-order valence-corrected chi connectivity index (χ1v) is 4.19. The van der Waals surface area contributed by atoms with Gasteiger partial charge in [0, 0.05) is 0 Å². The second-order valence-electron chi connectivity index (χ2n) is 3.27. The third-order valence-electron chi connectivity index (χ3n) is 2.22. The van der Waals surface area contributed by atoms with Crippen LogP contribution in [0.3, 0.4) is 0 Å². The molecule has 1 aliphatic carbocycles. The van der Waals surface area contributed by atoms with E-state index in [1.165, 1.54) is 30.4 Å². The molecule has 0 N–H and O–H groups in total. The topological polar surface area (TPSA) is 0 Å². The highest BCUT2D eigenvalue weighted by atomic mass is 14.2. The van der Waals surface area contributed by atoms with Crippen molar-refractivity contribution in [1.82, 2.24) is 0 Å². The molecule has 0 heteroatoms. The van der Waals surface area contributed by atoms with E-state index in [4.69, 9.17) is 0 Å². The molecule has 1 rings (SSSR count). The van der Waals surface area contributed by atoms with Crippen LogP contribution in [0.5, 0.6) is 0 Å². The normalized spacial score (nSPS) is 24.5. The van der Waals surface area contributed by atoms with Crippen molar-refractivity contribution in [1.29, 1.82) is 0 Å². The quantitative estimate of drug-likeness (QED) is 0.511. The summed E-state index contributed by atoms with van der Waals surface area (Å²) in [6.45, 7) is 6.70. The lowest BCUT2D eigenvalue weighted by Crippen LogP contribution is -1.90. The van der Waals surface area contributed by atoms with Crippen LogP contribution < -0.4 is 0 Å². The molecule has 0 fully saturated rings. The van der Waals surface area contributed by atoms with Gasteiger partial charge in [-0.3, -0.25) is 0 Å². The molecule has 0 amide bonds. The fraction of sp³-hybridized carbons (Fsp3) is 0.700. The molecule has 1 unspecified atom stereocenters. The zero-order valence-electron chi connectivity index (χ0n) is 7.20. The highest BCUT2D eigenvalue weighted by Gasteiger charge is 2.12. The Bertz CT molecular complexity index is 176. The Morgan fingerprint density at radius 2 is 2.30 bits per heavy atom. The van der Waals surface area contributed by atoms with Crippen molar-refractivity contribution in [3.63, 3.8) is 0 Å². The Hall–Kier alpha value is -0.480. The molecular formula is C10H16. The van der Waals surface area contributed by atoms with Crippen molar-refractivity contribution in [2.24, 2.45) is 5.92 Å². The SMILES string of the molecule is CCCC1=C=C(C)C(C)C1. The first-order chi connectivity index (χ1) is 4.74. The van der Waals surface area contributed by atoms with Gasteiger partial charge in [0.2, 0.25) is 0 Å². The highest BCUT2D eigenvalue weighted by molar-refractivity contribution is 5.18. The van der Waals surface area contributed by atoms with Gasteiger partial charge in [-0.15, -0.1) is 5.73 Å². The number of hydrogen-bond acceptors (Lipinski definition) is 0. The number of hydrogen-bond donors (Lipinski definition) is 0. The van der Waals surface area contributed by atoms with Gasteiger partial charge in [-0.05, 0) is 36.8 Å². The van der Waals surface area contributed by atoms with Gasteiger partial charge in [-0.1, -0.05) is 20.3 Å². The van der Waals surface area contributed by atoms with Crippen LogP contribution >= 0.6 is 0 Å². The number of allylic oxidation sites excluding steroid dienone is 1. The lowest BCUT2D eigenvalue weighted by molar-refractivity contribution is 0.677. The van der Waals surface area contributed by atoms with Crippen LogP contribution in [0.1, 0.15) is 40.0 Å². The zero-order valence-corrected chi connectivity index (χ0v) is 7.20. The minimum absolute atomic E-state index is 0.765. The Morgan fingerprint density at radius 1 is 1.60 bits per heavy atom. The Labute approximate surface area is 63.6 Å². The lowest BCUT2D eigenvalue weighted by Gasteiger charge is -2.02. The number of rotatable bonds is 2. The van der Waals surface area contributed by atoms with Gasteiger partial charge in [0.25, 0.3) is 0 Å². The molecule has 0 saturated carbocycles. The summed E-state index contributed by atoms with van der Waals surface area (Å²) in [5.41, 5.74) is 6.42. The summed E-state index contributed by atoms with van der Waals surface area (Å²) >= 11 is 0. The molecule has 0 aromatic rings. The first kappa shape index (κ1) is 7.63. The smallest absolute Gasteiger partial charge is 0.0115 e. The summed E-state index contributed by atoms with van der Waals surface area (Å²) < 4.78 is 0. The average molecular weight is 136 g/mol. The molecular weight excluding hydrogens is 120 g/mol. The third kappa shape index (κ3) is 1.52. The van der Waals surface area contributed by atoms with Crippen LogP contribution in [0, 0.1) is 5.92 Å². The monoisotopic (exact) mass is 136 g/mol. The van der Waals surface area contributed by atoms with E-state index >= 15 is 0 Å². The van der Waals surface area contributed by atoms with E-state index in [0.29, 0.717) is 0 Å². The summed E-state index contributed by atoms with van der Waals surface area (Å²) in [5, 5.41) is 0. The molecule has 0 nitrogen and oxygen atoms in total. The van der Waals surface area contributed by atoms with Gasteiger partial charge in [0.1, 0.15) is 0 Å². The molecule has 10 heavy (non-hydrogen) atoms. The molecule has 0 aromatic carbocycles. The fourth-order valence-electron chi connectivity index (χ4n) is 1.44. The molecule has 1 atom stereocenters. The van der Waals surface area contributed by atoms with Crippen molar-refractivity contribution in [2.75, 3.05) is 0 Å². The van der Waals surface area contributed by atoms with Crippen LogP contribution in [0.25, 0.3) is 0 Å². The minimum Gasteiger partial charge on any atom is -0.123 e. The molecule has 0 heterocycles. The summed E-state index contributed by atoms with van der Waals surface area (Å²) in [6, 6.07) is 0. The van der Waals surface area contributed by atoms with Crippen molar-refractivity contribution in [3.8, 4) is 0 Å². The minimum atomic E-state index is 0.765. The van der Waals surface area contributed by atoms with Crippen LogP contribution in [-0.4, -0.2) is 0 Å². The summed E-state index contributed by atoms with van der Waals surface area (Å²) in [7, 11) is 0. The summed E-state index contributed by atoms with van der Waals surface area (Å²) in [5.74, 6) is 0.765. The maximum absolute atomic E-state index is 3.44. The van der Waals surface area contributed by atoms with E-state index in [0.717, 1.165) is 5.92 Å². The molecule has 0 aromatic heterocycles. The molecule has 56 valence electrons. The van der Waals surface area contributed by atoms with Gasteiger partial charge in [-0.25, -0.2) is 0 Å². The molecule has 0 bridgehead atoms. The van der Waals surface area contributed by atoms with Crippen molar-refractivity contribution in [3.05, 3.63) is 16.9 Å². The predicted molar refractivity (Wildman–Crippen MR) is 44.9 cm³/mol. The van der Waals surface area contributed by atoms with Gasteiger partial charge >= 0.3 is 0 Å². The van der Waals surface area contributed by atoms with Crippen LogP contribution in [0.2, 0.25) is 0 Å².